The molecule has 4 rings (SSSR count). The normalized spacial score (nSPS) is 12.9. The van der Waals surface area contributed by atoms with E-state index in [1.54, 1.807) is 17.7 Å². The predicted molar refractivity (Wildman–Crippen MR) is 105 cm³/mol. The van der Waals surface area contributed by atoms with Crippen molar-refractivity contribution in [3.05, 3.63) is 47.1 Å². The zero-order chi connectivity index (χ0) is 17.8. The maximum absolute atomic E-state index is 12.1. The molecule has 0 bridgehead atoms. The zero-order valence-corrected chi connectivity index (χ0v) is 15.9. The molecule has 0 unspecified atom stereocenters. The number of carbonyl (C=O) groups is 1. The monoisotopic (exact) mass is 385 g/mol. The van der Waals surface area contributed by atoms with Gasteiger partial charge < -0.3 is 10.1 Å². The highest BCUT2D eigenvalue weighted by atomic mass is 32.2. The van der Waals surface area contributed by atoms with Gasteiger partial charge in [-0.05, 0) is 37.0 Å². The first-order valence-electron chi connectivity index (χ1n) is 8.64. The molecule has 0 aliphatic heterocycles. The lowest BCUT2D eigenvalue weighted by atomic mass is 10.2. The van der Waals surface area contributed by atoms with Crippen LogP contribution in [0.1, 0.15) is 16.9 Å². The number of nitrogens with zero attached hydrogens (tertiary/aromatic N) is 2. The molecule has 7 heteroatoms. The highest BCUT2D eigenvalue weighted by Gasteiger charge is 2.21. The Hall–Kier alpha value is -2.12. The summed E-state index contributed by atoms with van der Waals surface area (Å²) in [6.45, 7) is 0.942. The number of aryl methyl sites for hydroxylation is 2. The minimum atomic E-state index is -0.00898. The summed E-state index contributed by atoms with van der Waals surface area (Å²) in [5.74, 6) is 1.15. The van der Waals surface area contributed by atoms with Crippen LogP contribution in [0.2, 0.25) is 0 Å². The number of thioether (sulfide) groups is 1. The third kappa shape index (κ3) is 3.83. The lowest BCUT2D eigenvalue weighted by Gasteiger charge is -2.08. The van der Waals surface area contributed by atoms with Gasteiger partial charge in [0.15, 0.2) is 0 Å². The van der Waals surface area contributed by atoms with E-state index >= 15 is 0 Å². The molecule has 2 heterocycles. The Morgan fingerprint density at radius 2 is 2.12 bits per heavy atom. The maximum Gasteiger partial charge on any atom is 0.230 e. The van der Waals surface area contributed by atoms with Gasteiger partial charge in [-0.25, -0.2) is 9.97 Å². The third-order valence-corrected chi connectivity index (χ3v) is 6.43. The fourth-order valence-electron chi connectivity index (χ4n) is 3.07. The lowest BCUT2D eigenvalue weighted by Crippen LogP contribution is -2.29. The van der Waals surface area contributed by atoms with Gasteiger partial charge in [-0.15, -0.1) is 11.3 Å². The number of rotatable bonds is 7. The van der Waals surface area contributed by atoms with Gasteiger partial charge in [-0.3, -0.25) is 4.79 Å². The maximum atomic E-state index is 12.1. The van der Waals surface area contributed by atoms with Crippen LogP contribution in [-0.4, -0.2) is 34.8 Å². The summed E-state index contributed by atoms with van der Waals surface area (Å²) in [7, 11) is 0. The molecular formula is C19H19N3O2S2. The van der Waals surface area contributed by atoms with Crippen LogP contribution < -0.4 is 10.1 Å². The number of hydrogen-bond acceptors (Lipinski definition) is 6. The van der Waals surface area contributed by atoms with E-state index in [2.05, 4.69) is 15.3 Å². The fraction of sp³-hybridized carbons (Fsp3) is 0.316. The second-order valence-corrected chi connectivity index (χ2v) is 8.06. The summed E-state index contributed by atoms with van der Waals surface area (Å²) < 4.78 is 5.58. The Morgan fingerprint density at radius 3 is 3.00 bits per heavy atom. The van der Waals surface area contributed by atoms with Crippen LogP contribution in [0.4, 0.5) is 0 Å². The second kappa shape index (κ2) is 8.05. The second-order valence-electron chi connectivity index (χ2n) is 6.02. The van der Waals surface area contributed by atoms with Crippen molar-refractivity contribution < 1.29 is 9.53 Å². The van der Waals surface area contributed by atoms with E-state index in [4.69, 9.17) is 4.74 Å². The first kappa shape index (κ1) is 17.3. The van der Waals surface area contributed by atoms with Gasteiger partial charge in [0.1, 0.15) is 28.5 Å². The van der Waals surface area contributed by atoms with E-state index < -0.39 is 0 Å². The molecule has 0 spiro atoms. The molecule has 0 fully saturated rings. The van der Waals surface area contributed by atoms with Crippen molar-refractivity contribution in [3.8, 4) is 5.75 Å². The molecule has 3 aromatic rings. The molecule has 1 aromatic carbocycles. The van der Waals surface area contributed by atoms with Crippen molar-refractivity contribution in [2.24, 2.45) is 0 Å². The number of hydrogen-bond donors (Lipinski definition) is 1. The summed E-state index contributed by atoms with van der Waals surface area (Å²) in [5.41, 5.74) is 1.39. The van der Waals surface area contributed by atoms with Crippen LogP contribution in [-0.2, 0) is 17.6 Å². The molecule has 1 N–H and O–H groups in total. The minimum absolute atomic E-state index is 0.00898. The zero-order valence-electron chi connectivity index (χ0n) is 14.2. The molecule has 2 aromatic heterocycles. The molecule has 0 radical (unpaired) electrons. The first-order valence-corrected chi connectivity index (χ1v) is 10.4. The minimum Gasteiger partial charge on any atom is -0.492 e. The van der Waals surface area contributed by atoms with Gasteiger partial charge in [-0.1, -0.05) is 30.0 Å². The molecule has 26 heavy (non-hydrogen) atoms. The molecular weight excluding hydrogens is 366 g/mol. The van der Waals surface area contributed by atoms with E-state index in [0.29, 0.717) is 18.9 Å². The Bertz CT molecular complexity index is 912. The van der Waals surface area contributed by atoms with Gasteiger partial charge in [-0.2, -0.15) is 0 Å². The van der Waals surface area contributed by atoms with Crippen molar-refractivity contribution in [3.63, 3.8) is 0 Å². The number of para-hydroxylation sites is 1. The van der Waals surface area contributed by atoms with Crippen molar-refractivity contribution in [2.45, 2.75) is 24.3 Å². The molecule has 0 atom stereocenters. The van der Waals surface area contributed by atoms with Crippen molar-refractivity contribution in [2.75, 3.05) is 18.9 Å². The van der Waals surface area contributed by atoms with Crippen molar-refractivity contribution in [1.29, 1.82) is 0 Å². The molecule has 134 valence electrons. The van der Waals surface area contributed by atoms with Crippen LogP contribution in [0.25, 0.3) is 10.2 Å². The van der Waals surface area contributed by atoms with Crippen LogP contribution in [0, 0.1) is 0 Å². The Balaban J connectivity index is 1.29. The smallest absolute Gasteiger partial charge is 0.230 e. The summed E-state index contributed by atoms with van der Waals surface area (Å²) in [6.07, 6.45) is 5.04. The van der Waals surface area contributed by atoms with E-state index in [9.17, 15) is 4.79 Å². The van der Waals surface area contributed by atoms with Gasteiger partial charge >= 0.3 is 0 Å². The first-order chi connectivity index (χ1) is 12.8. The fourth-order valence-corrected chi connectivity index (χ4v) is 5.22. The average Bonchev–Trinajstić information content (AvgIpc) is 3.25. The van der Waals surface area contributed by atoms with Crippen LogP contribution in [0.5, 0.6) is 5.75 Å². The molecule has 1 amide bonds. The van der Waals surface area contributed by atoms with Crippen LogP contribution in [0.15, 0.2) is 41.7 Å². The highest BCUT2D eigenvalue weighted by Crippen LogP contribution is 2.39. The molecule has 0 saturated heterocycles. The van der Waals surface area contributed by atoms with Crippen LogP contribution >= 0.6 is 23.1 Å². The van der Waals surface area contributed by atoms with E-state index in [0.717, 1.165) is 33.8 Å². The lowest BCUT2D eigenvalue weighted by molar-refractivity contribution is -0.118. The quantitative estimate of drug-likeness (QED) is 0.383. The van der Waals surface area contributed by atoms with Crippen LogP contribution in [0.3, 0.4) is 0 Å². The van der Waals surface area contributed by atoms with Crippen molar-refractivity contribution >= 4 is 39.2 Å². The Kier molecular flexibility index (Phi) is 5.36. The van der Waals surface area contributed by atoms with Gasteiger partial charge in [0.05, 0.1) is 12.3 Å². The topological polar surface area (TPSA) is 64.1 Å². The van der Waals surface area contributed by atoms with Gasteiger partial charge in [0.2, 0.25) is 5.91 Å². The third-order valence-electron chi connectivity index (χ3n) is 4.24. The average molecular weight is 386 g/mol. The molecule has 1 aliphatic rings. The SMILES string of the molecule is O=C(CSc1ncnc2sc3c(c12)CCC3)NCCOc1ccccc1. The summed E-state index contributed by atoms with van der Waals surface area (Å²) in [6, 6.07) is 9.59. The number of nitrogens with one attached hydrogen (secondary N) is 1. The number of aromatic nitrogens is 2. The van der Waals surface area contributed by atoms with Gasteiger partial charge in [0, 0.05) is 10.3 Å². The summed E-state index contributed by atoms with van der Waals surface area (Å²) >= 11 is 3.25. The number of benzene rings is 1. The highest BCUT2D eigenvalue weighted by molar-refractivity contribution is 8.00. The van der Waals surface area contributed by atoms with E-state index in [1.807, 2.05) is 30.3 Å². The predicted octanol–water partition coefficient (Wildman–Crippen LogP) is 3.47. The van der Waals surface area contributed by atoms with Gasteiger partial charge in [0.25, 0.3) is 0 Å². The Morgan fingerprint density at radius 1 is 1.23 bits per heavy atom. The number of carbonyl (C=O) groups excluding carboxylic acids is 1. The number of ether oxygens (including phenoxy) is 1. The number of amides is 1. The Labute approximate surface area is 160 Å². The van der Waals surface area contributed by atoms with E-state index in [1.165, 1.54) is 28.6 Å². The molecule has 0 saturated carbocycles. The molecule has 1 aliphatic carbocycles. The van der Waals surface area contributed by atoms with E-state index in [-0.39, 0.29) is 5.91 Å². The molecule has 5 nitrogen and oxygen atoms in total. The largest absolute Gasteiger partial charge is 0.492 e. The van der Waals surface area contributed by atoms with Crippen molar-refractivity contribution in [1.82, 2.24) is 15.3 Å². The summed E-state index contributed by atoms with van der Waals surface area (Å²) in [5, 5.41) is 4.98. The number of fused-ring (bicyclic) bond motifs is 3. The standard InChI is InChI=1S/C19H19N3O2S2/c23-16(20-9-10-24-13-5-2-1-3-6-13)11-25-18-17-14-7-4-8-15(14)26-19(17)22-12-21-18/h1-3,5-6,12H,4,7-11H2,(H,20,23). The summed E-state index contributed by atoms with van der Waals surface area (Å²) in [4.78, 5) is 23.4. The number of thiophene rings is 1.